The van der Waals surface area contributed by atoms with Crippen molar-refractivity contribution in [3.8, 4) is 0 Å². The van der Waals surface area contributed by atoms with Gasteiger partial charge in [0.05, 0.1) is 17.7 Å². The lowest BCUT2D eigenvalue weighted by molar-refractivity contribution is -0.161. The fraction of sp³-hybridized carbons (Fsp3) is 0.667. The third kappa shape index (κ3) is 4.42. The first-order chi connectivity index (χ1) is 11.6. The van der Waals surface area contributed by atoms with E-state index in [1.807, 2.05) is 26.8 Å². The molecule has 0 saturated carbocycles. The standard InChI is InChI=1S/C21H32BrNO3/c1-19(2,3)17-16(23(9)18(24)26-20(4,5)6)14-11-10-13(22)12-15(14)21(7,8)25-17/h10-12,16-17H,1-9H3. The van der Waals surface area contributed by atoms with Gasteiger partial charge < -0.3 is 14.4 Å². The number of hydrogen-bond donors (Lipinski definition) is 0. The Kier molecular flexibility index (Phi) is 5.58. The highest BCUT2D eigenvalue weighted by molar-refractivity contribution is 9.10. The molecule has 0 fully saturated rings. The van der Waals surface area contributed by atoms with Crippen molar-refractivity contribution in [3.63, 3.8) is 0 Å². The molecule has 0 bridgehead atoms. The van der Waals surface area contributed by atoms with Crippen LogP contribution in [0, 0.1) is 5.41 Å². The summed E-state index contributed by atoms with van der Waals surface area (Å²) in [5.41, 5.74) is 1.07. The number of fused-ring (bicyclic) bond motifs is 1. The third-order valence-electron chi connectivity index (χ3n) is 4.64. The molecule has 1 aromatic carbocycles. The summed E-state index contributed by atoms with van der Waals surface area (Å²) in [7, 11) is 1.80. The van der Waals surface area contributed by atoms with Crippen LogP contribution >= 0.6 is 15.9 Å². The van der Waals surface area contributed by atoms with E-state index in [2.05, 4.69) is 62.7 Å². The largest absolute Gasteiger partial charge is 0.444 e. The lowest BCUT2D eigenvalue weighted by Gasteiger charge is -2.50. The number of benzene rings is 1. The average Bonchev–Trinajstić information content (AvgIpc) is 2.44. The highest BCUT2D eigenvalue weighted by Crippen LogP contribution is 2.48. The molecule has 0 N–H and O–H groups in total. The Morgan fingerprint density at radius 2 is 1.77 bits per heavy atom. The highest BCUT2D eigenvalue weighted by atomic mass is 79.9. The third-order valence-corrected chi connectivity index (χ3v) is 5.14. The monoisotopic (exact) mass is 425 g/mol. The van der Waals surface area contributed by atoms with Crippen LogP contribution in [0.3, 0.4) is 0 Å². The first-order valence-corrected chi connectivity index (χ1v) is 9.86. The van der Waals surface area contributed by atoms with Gasteiger partial charge in [-0.2, -0.15) is 0 Å². The van der Waals surface area contributed by atoms with Crippen LogP contribution in [0.2, 0.25) is 0 Å². The zero-order valence-electron chi connectivity index (χ0n) is 17.4. The molecule has 2 unspecified atom stereocenters. The molecule has 0 spiro atoms. The van der Waals surface area contributed by atoms with Crippen molar-refractivity contribution in [2.45, 2.75) is 78.7 Å². The maximum absolute atomic E-state index is 12.8. The molecule has 26 heavy (non-hydrogen) atoms. The minimum atomic E-state index is -0.542. The van der Waals surface area contributed by atoms with Crippen molar-refractivity contribution in [1.29, 1.82) is 0 Å². The summed E-state index contributed by atoms with van der Waals surface area (Å²) in [6.45, 7) is 16.2. The van der Waals surface area contributed by atoms with Gasteiger partial charge in [-0.3, -0.25) is 0 Å². The van der Waals surface area contributed by atoms with Gasteiger partial charge in [-0.15, -0.1) is 0 Å². The summed E-state index contributed by atoms with van der Waals surface area (Å²) in [4.78, 5) is 14.5. The van der Waals surface area contributed by atoms with E-state index in [1.165, 1.54) is 0 Å². The van der Waals surface area contributed by atoms with Crippen LogP contribution in [0.15, 0.2) is 22.7 Å². The maximum atomic E-state index is 12.8. The molecule has 0 saturated heterocycles. The van der Waals surface area contributed by atoms with Gasteiger partial charge in [0.15, 0.2) is 0 Å². The van der Waals surface area contributed by atoms with E-state index < -0.39 is 11.2 Å². The number of hydrogen-bond acceptors (Lipinski definition) is 3. The smallest absolute Gasteiger partial charge is 0.410 e. The Hall–Kier alpha value is -1.07. The van der Waals surface area contributed by atoms with Gasteiger partial charge in [-0.05, 0) is 63.3 Å². The molecule has 0 aromatic heterocycles. The van der Waals surface area contributed by atoms with Crippen molar-refractivity contribution in [2.24, 2.45) is 5.41 Å². The Bertz CT molecular complexity index is 685. The van der Waals surface area contributed by atoms with E-state index in [9.17, 15) is 4.79 Å². The quantitative estimate of drug-likeness (QED) is 0.550. The van der Waals surface area contributed by atoms with Gasteiger partial charge >= 0.3 is 6.09 Å². The van der Waals surface area contributed by atoms with Crippen LogP contribution < -0.4 is 0 Å². The van der Waals surface area contributed by atoms with Crippen LogP contribution in [-0.2, 0) is 15.1 Å². The summed E-state index contributed by atoms with van der Waals surface area (Å²) in [6.07, 6.45) is -0.502. The molecule has 1 aliphatic rings. The first-order valence-electron chi connectivity index (χ1n) is 9.07. The molecular weight excluding hydrogens is 394 g/mol. The second-order valence-electron chi connectivity index (χ2n) is 9.68. The van der Waals surface area contributed by atoms with Crippen LogP contribution in [0.25, 0.3) is 0 Å². The van der Waals surface area contributed by atoms with E-state index in [4.69, 9.17) is 9.47 Å². The fourth-order valence-corrected chi connectivity index (χ4v) is 3.79. The van der Waals surface area contributed by atoms with Crippen LogP contribution in [0.4, 0.5) is 4.79 Å². The van der Waals surface area contributed by atoms with Gasteiger partial charge in [0.2, 0.25) is 0 Å². The van der Waals surface area contributed by atoms with Crippen molar-refractivity contribution in [1.82, 2.24) is 4.90 Å². The fourth-order valence-electron chi connectivity index (χ4n) is 3.43. The molecule has 0 aliphatic carbocycles. The normalized spacial score (nSPS) is 22.5. The second kappa shape index (κ2) is 6.83. The molecule has 2 atom stereocenters. The van der Waals surface area contributed by atoms with E-state index in [0.717, 1.165) is 15.6 Å². The van der Waals surface area contributed by atoms with Crippen LogP contribution in [0.1, 0.15) is 72.6 Å². The van der Waals surface area contributed by atoms with Crippen molar-refractivity contribution >= 4 is 22.0 Å². The number of rotatable bonds is 1. The molecule has 5 heteroatoms. The van der Waals surface area contributed by atoms with E-state index in [1.54, 1.807) is 11.9 Å². The lowest BCUT2D eigenvalue weighted by atomic mass is 9.75. The predicted octanol–water partition coefficient (Wildman–Crippen LogP) is 6.04. The van der Waals surface area contributed by atoms with E-state index >= 15 is 0 Å². The number of carbonyl (C=O) groups excluding carboxylic acids is 1. The van der Waals surface area contributed by atoms with Gasteiger partial charge in [0.25, 0.3) is 0 Å². The number of amides is 1. The molecule has 1 heterocycles. The Balaban J connectivity index is 2.57. The number of carbonyl (C=O) groups is 1. The van der Waals surface area contributed by atoms with Crippen LogP contribution in [0.5, 0.6) is 0 Å². The molecule has 1 aliphatic heterocycles. The highest BCUT2D eigenvalue weighted by Gasteiger charge is 2.48. The molecule has 0 radical (unpaired) electrons. The Morgan fingerprint density at radius 3 is 2.27 bits per heavy atom. The molecule has 1 amide bonds. The number of ether oxygens (including phenoxy) is 2. The summed E-state index contributed by atoms with van der Waals surface area (Å²) >= 11 is 3.56. The predicted molar refractivity (Wildman–Crippen MR) is 108 cm³/mol. The average molecular weight is 426 g/mol. The van der Waals surface area contributed by atoms with Crippen molar-refractivity contribution < 1.29 is 14.3 Å². The number of halogens is 1. The first kappa shape index (κ1) is 21.2. The molecule has 2 rings (SSSR count). The zero-order chi connectivity index (χ0) is 20.1. The van der Waals surface area contributed by atoms with Crippen molar-refractivity contribution in [2.75, 3.05) is 7.05 Å². The zero-order valence-corrected chi connectivity index (χ0v) is 19.0. The summed E-state index contributed by atoms with van der Waals surface area (Å²) < 4.78 is 13.2. The van der Waals surface area contributed by atoms with Gasteiger partial charge in [0, 0.05) is 11.5 Å². The molecule has 1 aromatic rings. The van der Waals surface area contributed by atoms with Gasteiger partial charge in [-0.25, -0.2) is 4.79 Å². The lowest BCUT2D eigenvalue weighted by Crippen LogP contribution is -2.52. The van der Waals surface area contributed by atoms with Crippen molar-refractivity contribution in [3.05, 3.63) is 33.8 Å². The Morgan fingerprint density at radius 1 is 1.19 bits per heavy atom. The minimum Gasteiger partial charge on any atom is -0.444 e. The SMILES string of the molecule is CN(C(=O)OC(C)(C)C)C1c2ccc(Br)cc2C(C)(C)OC1C(C)(C)C. The number of nitrogens with zero attached hydrogens (tertiary/aromatic N) is 1. The molecule has 146 valence electrons. The molecular formula is C21H32BrNO3. The van der Waals surface area contributed by atoms with Gasteiger partial charge in [-0.1, -0.05) is 42.8 Å². The summed E-state index contributed by atoms with van der Waals surface area (Å²) in [5, 5.41) is 0. The van der Waals surface area contributed by atoms with Crippen LogP contribution in [-0.4, -0.2) is 29.7 Å². The minimum absolute atomic E-state index is 0.150. The summed E-state index contributed by atoms with van der Waals surface area (Å²) in [5.74, 6) is 0. The van der Waals surface area contributed by atoms with E-state index in [-0.39, 0.29) is 23.7 Å². The summed E-state index contributed by atoms with van der Waals surface area (Å²) in [6, 6.07) is 5.98. The molecule has 4 nitrogen and oxygen atoms in total. The topological polar surface area (TPSA) is 38.8 Å². The second-order valence-corrected chi connectivity index (χ2v) is 10.6. The van der Waals surface area contributed by atoms with E-state index in [0.29, 0.717) is 0 Å². The maximum Gasteiger partial charge on any atom is 0.410 e. The van der Waals surface area contributed by atoms with Gasteiger partial charge in [0.1, 0.15) is 5.60 Å². The Labute approximate surface area is 166 Å². The number of likely N-dealkylation sites (N-methyl/N-ethyl adjacent to an activating group) is 1.